The Kier molecular flexibility index (Phi) is 14.6. The van der Waals surface area contributed by atoms with Crippen molar-refractivity contribution in [1.82, 2.24) is 0 Å². The number of aliphatic hydroxyl groups excluding tert-OH is 1. The first-order valence-corrected chi connectivity index (χ1v) is 12.2. The van der Waals surface area contributed by atoms with Crippen LogP contribution in [0, 0.1) is 0 Å². The van der Waals surface area contributed by atoms with Crippen LogP contribution in [0.25, 0.3) is 0 Å². The molecule has 0 aliphatic heterocycles. The summed E-state index contributed by atoms with van der Waals surface area (Å²) >= 11 is 0. The Morgan fingerprint density at radius 1 is 1.00 bits per heavy atom. The Hall–Kier alpha value is -2.61. The number of anilines is 1. The van der Waals surface area contributed by atoms with Gasteiger partial charge in [0.1, 0.15) is 24.3 Å². The van der Waals surface area contributed by atoms with E-state index in [1.54, 1.807) is 12.1 Å². The maximum absolute atomic E-state index is 8.96. The second-order valence-corrected chi connectivity index (χ2v) is 7.66. The summed E-state index contributed by atoms with van der Waals surface area (Å²) in [4.78, 5) is 4.81. The molecule has 0 fully saturated rings. The third-order valence-corrected chi connectivity index (χ3v) is 5.00. The van der Waals surface area contributed by atoms with Crippen LogP contribution in [0.1, 0.15) is 65.9 Å². The van der Waals surface area contributed by atoms with Crippen LogP contribution in [0.4, 0.5) is 5.69 Å². The number of ether oxygens (including phenoxy) is 3. The number of aliphatic hydroxyl groups is 1. The van der Waals surface area contributed by atoms with Crippen LogP contribution in [0.3, 0.4) is 0 Å². The maximum Gasteiger partial charge on any atom is 0.152 e. The van der Waals surface area contributed by atoms with E-state index in [9.17, 15) is 0 Å². The van der Waals surface area contributed by atoms with Crippen LogP contribution >= 0.6 is 0 Å². The molecule has 0 radical (unpaired) electrons. The summed E-state index contributed by atoms with van der Waals surface area (Å²) in [6.45, 7) is 10.4. The summed E-state index contributed by atoms with van der Waals surface area (Å²) in [6, 6.07) is 14.9. The summed E-state index contributed by atoms with van der Waals surface area (Å²) in [7, 11) is 1.63. The molecule has 0 spiro atoms. The number of hydrogen-bond donors (Lipinski definition) is 2. The van der Waals surface area contributed by atoms with E-state index in [1.807, 2.05) is 69.3 Å². The summed E-state index contributed by atoms with van der Waals surface area (Å²) < 4.78 is 16.8. The van der Waals surface area contributed by atoms with Crippen molar-refractivity contribution in [1.29, 1.82) is 0 Å². The molecule has 0 aliphatic rings. The number of unbranched alkanes of at least 4 members (excludes halogenated alkanes) is 2. The first kappa shape index (κ1) is 29.4. The molecule has 2 rings (SSSR count). The highest BCUT2D eigenvalue weighted by molar-refractivity contribution is 6.09. The molecule has 0 aromatic heterocycles. The molecule has 0 bridgehead atoms. The van der Waals surface area contributed by atoms with Crippen molar-refractivity contribution in [2.75, 3.05) is 25.3 Å². The highest BCUT2D eigenvalue weighted by atomic mass is 16.5. The van der Waals surface area contributed by atoms with E-state index < -0.39 is 0 Å². The van der Waals surface area contributed by atoms with E-state index >= 15 is 0 Å². The summed E-state index contributed by atoms with van der Waals surface area (Å²) in [5.41, 5.74) is 1.60. The Balaban J connectivity index is 0.00000281. The van der Waals surface area contributed by atoms with Crippen molar-refractivity contribution < 1.29 is 19.3 Å². The zero-order chi connectivity index (χ0) is 25.3. The molecular formula is C27H43N3O4. The lowest BCUT2D eigenvalue weighted by atomic mass is 10.1. The van der Waals surface area contributed by atoms with Crippen LogP contribution in [-0.4, -0.2) is 43.6 Å². The largest absolute Gasteiger partial charge is 0.497 e. The lowest BCUT2D eigenvalue weighted by Gasteiger charge is -2.24. The molecule has 2 aromatic carbocycles. The van der Waals surface area contributed by atoms with E-state index in [0.717, 1.165) is 29.8 Å². The zero-order valence-electron chi connectivity index (χ0n) is 21.7. The number of benzene rings is 2. The molecule has 34 heavy (non-hydrogen) atoms. The van der Waals surface area contributed by atoms with Crippen molar-refractivity contribution in [3.63, 3.8) is 0 Å². The fourth-order valence-electron chi connectivity index (χ4n) is 3.29. The Labute approximate surface area is 205 Å². The fraction of sp³-hybridized carbons (Fsp3) is 0.519. The summed E-state index contributed by atoms with van der Waals surface area (Å²) in [6.07, 6.45) is 4.29. The van der Waals surface area contributed by atoms with Gasteiger partial charge in [0.25, 0.3) is 0 Å². The second kappa shape index (κ2) is 16.9. The third kappa shape index (κ3) is 10.1. The highest BCUT2D eigenvalue weighted by Gasteiger charge is 2.16. The van der Waals surface area contributed by atoms with E-state index in [4.69, 9.17) is 30.2 Å². The molecule has 7 nitrogen and oxygen atoms in total. The lowest BCUT2D eigenvalue weighted by Crippen LogP contribution is -2.39. The number of rotatable bonds is 13. The first-order valence-electron chi connectivity index (χ1n) is 12.2. The highest BCUT2D eigenvalue weighted by Crippen LogP contribution is 2.21. The molecule has 7 heteroatoms. The molecule has 3 N–H and O–H groups in total. The Morgan fingerprint density at radius 2 is 1.62 bits per heavy atom. The van der Waals surface area contributed by atoms with E-state index in [1.165, 1.54) is 12.8 Å². The predicted molar refractivity (Wildman–Crippen MR) is 141 cm³/mol. The second-order valence-electron chi connectivity index (χ2n) is 7.66. The van der Waals surface area contributed by atoms with Gasteiger partial charge < -0.3 is 19.3 Å². The van der Waals surface area contributed by atoms with Gasteiger partial charge in [-0.25, -0.2) is 10.8 Å². The minimum Gasteiger partial charge on any atom is -0.497 e. The zero-order valence-corrected chi connectivity index (χ0v) is 21.7. The van der Waals surface area contributed by atoms with Gasteiger partial charge in [0.05, 0.1) is 25.5 Å². The maximum atomic E-state index is 8.96. The fourth-order valence-corrected chi connectivity index (χ4v) is 3.29. The van der Waals surface area contributed by atoms with Crippen molar-refractivity contribution >= 4 is 11.5 Å². The molecule has 0 amide bonds. The number of hydrogen-bond acceptors (Lipinski definition) is 6. The molecule has 2 unspecified atom stereocenters. The van der Waals surface area contributed by atoms with Gasteiger partial charge in [0, 0.05) is 5.56 Å². The normalized spacial score (nSPS) is 12.9. The minimum atomic E-state index is -0.365. The van der Waals surface area contributed by atoms with Gasteiger partial charge >= 0.3 is 0 Å². The van der Waals surface area contributed by atoms with E-state index in [0.29, 0.717) is 11.6 Å². The van der Waals surface area contributed by atoms with Crippen LogP contribution in [0.5, 0.6) is 11.5 Å². The van der Waals surface area contributed by atoms with Crippen LogP contribution < -0.4 is 20.3 Å². The Morgan fingerprint density at radius 3 is 2.18 bits per heavy atom. The van der Waals surface area contributed by atoms with Gasteiger partial charge in [0.2, 0.25) is 0 Å². The molecule has 0 heterocycles. The molecule has 190 valence electrons. The Bertz CT molecular complexity index is 810. The number of amidine groups is 1. The molecular weight excluding hydrogens is 430 g/mol. The number of nitrogens with two attached hydrogens (primary N) is 1. The van der Waals surface area contributed by atoms with Gasteiger partial charge in [0.15, 0.2) is 5.84 Å². The quantitative estimate of drug-likeness (QED) is 0.130. The average molecular weight is 474 g/mol. The first-order chi connectivity index (χ1) is 16.5. The van der Waals surface area contributed by atoms with Crippen molar-refractivity contribution in [2.45, 2.75) is 72.6 Å². The van der Waals surface area contributed by atoms with Gasteiger partial charge in [-0.1, -0.05) is 40.0 Å². The van der Waals surface area contributed by atoms with Crippen LogP contribution in [0.2, 0.25) is 0 Å². The van der Waals surface area contributed by atoms with E-state index in [-0.39, 0.29) is 25.5 Å². The lowest BCUT2D eigenvalue weighted by molar-refractivity contribution is 0.00803. The predicted octanol–water partition coefficient (Wildman–Crippen LogP) is 5.55. The van der Waals surface area contributed by atoms with Crippen molar-refractivity contribution in [2.24, 2.45) is 10.8 Å². The number of aliphatic imine (C=N–C) groups is 1. The summed E-state index contributed by atoms with van der Waals surface area (Å²) in [5, 5.41) is 10.5. The number of methoxy groups -OCH3 is 1. The molecule has 0 saturated heterocycles. The molecule has 0 aliphatic carbocycles. The molecule has 0 saturated carbocycles. The van der Waals surface area contributed by atoms with Gasteiger partial charge in [-0.15, -0.1) is 0 Å². The van der Waals surface area contributed by atoms with Crippen molar-refractivity contribution in [3.05, 3.63) is 54.1 Å². The molecule has 2 atom stereocenters. The van der Waals surface area contributed by atoms with Gasteiger partial charge in [-0.3, -0.25) is 5.01 Å². The van der Waals surface area contributed by atoms with Gasteiger partial charge in [-0.2, -0.15) is 0 Å². The topological polar surface area (TPSA) is 89.5 Å². The van der Waals surface area contributed by atoms with E-state index in [2.05, 4.69) is 13.8 Å². The number of nitrogens with zero attached hydrogens (tertiary/aromatic N) is 2. The minimum absolute atomic E-state index is 0.0339. The van der Waals surface area contributed by atoms with Crippen molar-refractivity contribution in [3.8, 4) is 11.5 Å². The third-order valence-electron chi connectivity index (χ3n) is 5.00. The monoisotopic (exact) mass is 473 g/mol. The average Bonchev–Trinajstić information content (AvgIpc) is 2.87. The standard InChI is InChI=1S/C25H37N3O4.C2H6/c1-5-6-7-8-19(2)32-20(3)27-25(21-9-13-24(14-10-21)31-18-17-29)28(26)22-11-15-23(30-4)16-12-22;1-2/h9-16,19-20,29H,5-8,17-18,26H2,1-4H3;1-2H3/b27-25-;. The molecule has 2 aromatic rings. The number of hydrazine groups is 1. The van der Waals surface area contributed by atoms with Crippen LogP contribution in [-0.2, 0) is 4.74 Å². The smallest absolute Gasteiger partial charge is 0.152 e. The van der Waals surface area contributed by atoms with Gasteiger partial charge in [-0.05, 0) is 68.8 Å². The van der Waals surface area contributed by atoms with Crippen LogP contribution in [0.15, 0.2) is 53.5 Å². The SMILES string of the molecule is CC.CCCCCC(C)OC(C)/N=C(/c1ccc(OCCO)cc1)N(N)c1ccc(OC)cc1. The summed E-state index contributed by atoms with van der Waals surface area (Å²) in [5.74, 6) is 8.50.